The first-order valence-corrected chi connectivity index (χ1v) is 8.81. The highest BCUT2D eigenvalue weighted by atomic mass is 16.1. The molecule has 2 aliphatic rings. The number of nitrogens with zero attached hydrogens (tertiary/aromatic N) is 3. The third-order valence-electron chi connectivity index (χ3n) is 5.27. The second-order valence-corrected chi connectivity index (χ2v) is 6.96. The van der Waals surface area contributed by atoms with E-state index >= 15 is 0 Å². The summed E-state index contributed by atoms with van der Waals surface area (Å²) in [5.41, 5.74) is 2.65. The van der Waals surface area contributed by atoms with Crippen LogP contribution in [0, 0.1) is 18.8 Å². The van der Waals surface area contributed by atoms with Crippen LogP contribution in [0.1, 0.15) is 21.6 Å². The SMILES string of the molecule is Cc1ccccc1CNC(=O)c1cncc(N2C[C@H]3CNC[C@H]3C2)n1. The molecule has 2 aromatic rings. The van der Waals surface area contributed by atoms with Gasteiger partial charge in [-0.05, 0) is 29.9 Å². The highest BCUT2D eigenvalue weighted by molar-refractivity contribution is 5.92. The smallest absolute Gasteiger partial charge is 0.271 e. The average molecular weight is 337 g/mol. The molecule has 2 saturated heterocycles. The first-order chi connectivity index (χ1) is 12.2. The standard InChI is InChI=1S/C19H23N5O/c1-13-4-2-3-5-14(13)8-22-19(25)17-9-21-10-18(23-17)24-11-15-6-20-7-16(15)12-24/h2-5,9-10,15-16,20H,6-8,11-12H2,1H3,(H,22,25)/t15-,16+. The molecule has 2 aliphatic heterocycles. The Morgan fingerprint density at radius 3 is 2.76 bits per heavy atom. The number of carbonyl (C=O) groups is 1. The fraction of sp³-hybridized carbons (Fsp3) is 0.421. The maximum atomic E-state index is 12.5. The summed E-state index contributed by atoms with van der Waals surface area (Å²) in [5.74, 6) is 1.98. The van der Waals surface area contributed by atoms with Crippen LogP contribution in [0.15, 0.2) is 36.7 Å². The molecule has 1 amide bonds. The van der Waals surface area contributed by atoms with Gasteiger partial charge in [0.2, 0.25) is 0 Å². The minimum Gasteiger partial charge on any atom is -0.355 e. The maximum absolute atomic E-state index is 12.5. The van der Waals surface area contributed by atoms with Crippen LogP contribution < -0.4 is 15.5 Å². The maximum Gasteiger partial charge on any atom is 0.271 e. The molecule has 130 valence electrons. The summed E-state index contributed by atoms with van der Waals surface area (Å²) in [6, 6.07) is 8.04. The quantitative estimate of drug-likeness (QED) is 0.882. The Bertz CT molecular complexity index is 766. The monoisotopic (exact) mass is 337 g/mol. The van der Waals surface area contributed by atoms with Gasteiger partial charge in [-0.2, -0.15) is 0 Å². The van der Waals surface area contributed by atoms with E-state index in [0.717, 1.165) is 37.6 Å². The van der Waals surface area contributed by atoms with E-state index in [1.807, 2.05) is 31.2 Å². The minimum atomic E-state index is -0.182. The summed E-state index contributed by atoms with van der Waals surface area (Å²) in [4.78, 5) is 23.5. The summed E-state index contributed by atoms with van der Waals surface area (Å²) in [7, 11) is 0. The number of benzene rings is 1. The van der Waals surface area contributed by atoms with Gasteiger partial charge in [-0.1, -0.05) is 24.3 Å². The molecule has 0 aliphatic carbocycles. The molecule has 0 unspecified atom stereocenters. The first-order valence-electron chi connectivity index (χ1n) is 8.81. The highest BCUT2D eigenvalue weighted by Crippen LogP contribution is 2.29. The second-order valence-electron chi connectivity index (χ2n) is 6.96. The van der Waals surface area contributed by atoms with Crippen molar-refractivity contribution in [2.45, 2.75) is 13.5 Å². The molecule has 6 heteroatoms. The van der Waals surface area contributed by atoms with Crippen molar-refractivity contribution in [3.63, 3.8) is 0 Å². The molecule has 1 aromatic heterocycles. The van der Waals surface area contributed by atoms with Gasteiger partial charge >= 0.3 is 0 Å². The van der Waals surface area contributed by atoms with Crippen LogP contribution in [-0.2, 0) is 6.54 Å². The van der Waals surface area contributed by atoms with Crippen molar-refractivity contribution >= 4 is 11.7 Å². The van der Waals surface area contributed by atoms with E-state index < -0.39 is 0 Å². The van der Waals surface area contributed by atoms with Crippen LogP contribution in [0.4, 0.5) is 5.82 Å². The van der Waals surface area contributed by atoms with Gasteiger partial charge in [0, 0.05) is 32.7 Å². The molecule has 0 bridgehead atoms. The van der Waals surface area contributed by atoms with Crippen LogP contribution in [-0.4, -0.2) is 42.1 Å². The summed E-state index contributed by atoms with van der Waals surface area (Å²) >= 11 is 0. The fourth-order valence-corrected chi connectivity index (χ4v) is 3.73. The van der Waals surface area contributed by atoms with E-state index in [9.17, 15) is 4.79 Å². The number of anilines is 1. The normalized spacial score (nSPS) is 22.0. The van der Waals surface area contributed by atoms with Gasteiger partial charge < -0.3 is 15.5 Å². The zero-order valence-corrected chi connectivity index (χ0v) is 14.4. The lowest BCUT2D eigenvalue weighted by molar-refractivity contribution is 0.0945. The lowest BCUT2D eigenvalue weighted by Gasteiger charge is -2.18. The van der Waals surface area contributed by atoms with Gasteiger partial charge in [0.15, 0.2) is 0 Å². The molecular weight excluding hydrogens is 314 g/mol. The molecule has 4 rings (SSSR count). The van der Waals surface area contributed by atoms with Crippen LogP contribution in [0.5, 0.6) is 0 Å². The Labute approximate surface area is 147 Å². The van der Waals surface area contributed by atoms with E-state index in [0.29, 0.717) is 24.1 Å². The number of hydrogen-bond acceptors (Lipinski definition) is 5. The average Bonchev–Trinajstić information content (AvgIpc) is 3.23. The van der Waals surface area contributed by atoms with Crippen LogP contribution in [0.3, 0.4) is 0 Å². The van der Waals surface area contributed by atoms with Gasteiger partial charge in [0.25, 0.3) is 5.91 Å². The van der Waals surface area contributed by atoms with Gasteiger partial charge in [-0.3, -0.25) is 9.78 Å². The molecule has 2 atom stereocenters. The lowest BCUT2D eigenvalue weighted by Crippen LogP contribution is -2.28. The van der Waals surface area contributed by atoms with Gasteiger partial charge in [0.1, 0.15) is 11.5 Å². The Balaban J connectivity index is 1.42. The Morgan fingerprint density at radius 2 is 2.00 bits per heavy atom. The number of aryl methyl sites for hydroxylation is 1. The van der Waals surface area contributed by atoms with Gasteiger partial charge in [-0.25, -0.2) is 4.98 Å². The zero-order valence-electron chi connectivity index (χ0n) is 14.4. The van der Waals surface area contributed by atoms with E-state index in [-0.39, 0.29) is 5.91 Å². The molecule has 2 N–H and O–H groups in total. The van der Waals surface area contributed by atoms with Crippen molar-refractivity contribution in [1.82, 2.24) is 20.6 Å². The third-order valence-corrected chi connectivity index (χ3v) is 5.27. The van der Waals surface area contributed by atoms with E-state index in [1.54, 1.807) is 6.20 Å². The molecule has 0 spiro atoms. The summed E-state index contributed by atoms with van der Waals surface area (Å²) in [6.07, 6.45) is 3.29. The molecule has 6 nitrogen and oxygen atoms in total. The zero-order chi connectivity index (χ0) is 17.2. The largest absolute Gasteiger partial charge is 0.355 e. The van der Waals surface area contributed by atoms with Crippen molar-refractivity contribution in [2.24, 2.45) is 11.8 Å². The van der Waals surface area contributed by atoms with E-state index in [1.165, 1.54) is 11.8 Å². The Kier molecular flexibility index (Phi) is 4.36. The number of amides is 1. The Morgan fingerprint density at radius 1 is 1.24 bits per heavy atom. The van der Waals surface area contributed by atoms with Gasteiger partial charge in [-0.15, -0.1) is 0 Å². The predicted octanol–water partition coefficient (Wildman–Crippen LogP) is 1.37. The van der Waals surface area contributed by atoms with E-state index in [2.05, 4.69) is 25.5 Å². The van der Waals surface area contributed by atoms with Gasteiger partial charge in [0.05, 0.1) is 12.4 Å². The van der Waals surface area contributed by atoms with Crippen LogP contribution in [0.2, 0.25) is 0 Å². The third kappa shape index (κ3) is 3.35. The summed E-state index contributed by atoms with van der Waals surface area (Å²) in [5, 5.41) is 6.38. The molecule has 0 radical (unpaired) electrons. The number of carbonyl (C=O) groups excluding carboxylic acids is 1. The fourth-order valence-electron chi connectivity index (χ4n) is 3.73. The van der Waals surface area contributed by atoms with Crippen molar-refractivity contribution in [3.8, 4) is 0 Å². The molecule has 0 saturated carbocycles. The van der Waals surface area contributed by atoms with Crippen LogP contribution in [0.25, 0.3) is 0 Å². The molecule has 3 heterocycles. The lowest BCUT2D eigenvalue weighted by atomic mass is 10.0. The minimum absolute atomic E-state index is 0.182. The first kappa shape index (κ1) is 16.0. The van der Waals surface area contributed by atoms with Crippen molar-refractivity contribution < 1.29 is 4.79 Å². The Hall–Kier alpha value is -2.47. The van der Waals surface area contributed by atoms with Crippen LogP contribution >= 0.6 is 0 Å². The number of hydrogen-bond donors (Lipinski definition) is 2. The number of nitrogens with one attached hydrogen (secondary N) is 2. The summed E-state index contributed by atoms with van der Waals surface area (Å²) < 4.78 is 0. The predicted molar refractivity (Wildman–Crippen MR) is 96.4 cm³/mol. The molecule has 1 aromatic carbocycles. The molecule has 2 fully saturated rings. The van der Waals surface area contributed by atoms with Crippen molar-refractivity contribution in [3.05, 3.63) is 53.5 Å². The van der Waals surface area contributed by atoms with Crippen molar-refractivity contribution in [1.29, 1.82) is 0 Å². The number of aromatic nitrogens is 2. The number of fused-ring (bicyclic) bond motifs is 1. The number of rotatable bonds is 4. The second kappa shape index (κ2) is 6.80. The summed E-state index contributed by atoms with van der Waals surface area (Å²) in [6.45, 7) is 6.66. The highest BCUT2D eigenvalue weighted by Gasteiger charge is 2.36. The van der Waals surface area contributed by atoms with Crippen molar-refractivity contribution in [2.75, 3.05) is 31.1 Å². The van der Waals surface area contributed by atoms with E-state index in [4.69, 9.17) is 0 Å². The molecule has 25 heavy (non-hydrogen) atoms. The molecular formula is C19H23N5O. The topological polar surface area (TPSA) is 70.2 Å².